The van der Waals surface area contributed by atoms with Crippen LogP contribution in [0.1, 0.15) is 57.8 Å². The van der Waals surface area contributed by atoms with Gasteiger partial charge < -0.3 is 10.4 Å². The lowest BCUT2D eigenvalue weighted by Gasteiger charge is -2.25. The third-order valence-electron chi connectivity index (χ3n) is 3.14. The van der Waals surface area contributed by atoms with Crippen molar-refractivity contribution in [1.82, 2.24) is 15.1 Å². The predicted octanol–water partition coefficient (Wildman–Crippen LogP) is 2.01. The van der Waals surface area contributed by atoms with E-state index in [0.29, 0.717) is 18.4 Å². The summed E-state index contributed by atoms with van der Waals surface area (Å²) < 4.78 is 1.68. The average molecular weight is 281 g/mol. The van der Waals surface area contributed by atoms with Crippen molar-refractivity contribution in [3.05, 3.63) is 18.0 Å². The normalized spacial score (nSPS) is 14.7. The minimum Gasteiger partial charge on any atom is -0.480 e. The van der Waals surface area contributed by atoms with Gasteiger partial charge in [-0.05, 0) is 34.1 Å². The summed E-state index contributed by atoms with van der Waals surface area (Å²) in [4.78, 5) is 23.5. The molecule has 0 saturated heterocycles. The molecule has 2 N–H and O–H groups in total. The molecule has 0 aliphatic carbocycles. The van der Waals surface area contributed by atoms with Gasteiger partial charge in [-0.15, -0.1) is 0 Å². The van der Waals surface area contributed by atoms with E-state index >= 15 is 0 Å². The Balaban J connectivity index is 2.90. The second kappa shape index (κ2) is 5.64. The van der Waals surface area contributed by atoms with Crippen molar-refractivity contribution in [2.45, 2.75) is 58.5 Å². The zero-order valence-electron chi connectivity index (χ0n) is 12.7. The second-order valence-corrected chi connectivity index (χ2v) is 6.19. The maximum absolute atomic E-state index is 12.2. The number of rotatable bonds is 5. The number of carbonyl (C=O) groups excluding carboxylic acids is 1. The molecule has 1 aromatic heterocycles. The Kier molecular flexibility index (Phi) is 4.57. The van der Waals surface area contributed by atoms with Gasteiger partial charge in [-0.25, -0.2) is 4.79 Å². The van der Waals surface area contributed by atoms with E-state index in [0.717, 1.165) is 0 Å². The monoisotopic (exact) mass is 281 g/mol. The van der Waals surface area contributed by atoms with E-state index in [9.17, 15) is 14.7 Å². The van der Waals surface area contributed by atoms with Crippen LogP contribution in [0.15, 0.2) is 12.4 Å². The summed E-state index contributed by atoms with van der Waals surface area (Å²) in [5.41, 5.74) is -1.11. The van der Waals surface area contributed by atoms with Crippen molar-refractivity contribution in [3.63, 3.8) is 0 Å². The standard InChI is InChI=1S/C14H23N3O3/c1-6-7-14(5,12(19)20)16-11(18)10-8-15-17(9-10)13(2,3)4/h8-9H,6-7H2,1-5H3,(H,16,18)(H,19,20)/t14-/m0/s1. The van der Waals surface area contributed by atoms with Gasteiger partial charge in [0.05, 0.1) is 17.3 Å². The molecule has 1 atom stereocenters. The Bertz CT molecular complexity index is 502. The number of hydrogen-bond donors (Lipinski definition) is 2. The molecule has 6 heteroatoms. The van der Waals surface area contributed by atoms with E-state index in [-0.39, 0.29) is 5.54 Å². The average Bonchev–Trinajstić information content (AvgIpc) is 2.77. The molecule has 0 radical (unpaired) electrons. The van der Waals surface area contributed by atoms with Crippen LogP contribution in [0.2, 0.25) is 0 Å². The minimum atomic E-state index is -1.25. The molecule has 1 aromatic rings. The SMILES string of the molecule is CCC[C@](C)(NC(=O)c1cnn(C(C)(C)C)c1)C(=O)O. The first-order valence-corrected chi connectivity index (χ1v) is 6.71. The Labute approximate surface area is 119 Å². The molecule has 0 aliphatic rings. The van der Waals surface area contributed by atoms with Crippen molar-refractivity contribution in [3.8, 4) is 0 Å². The molecule has 112 valence electrons. The first-order chi connectivity index (χ1) is 9.10. The molecule has 0 bridgehead atoms. The summed E-state index contributed by atoms with van der Waals surface area (Å²) in [6.07, 6.45) is 4.13. The van der Waals surface area contributed by atoms with E-state index in [1.165, 1.54) is 13.1 Å². The molecule has 20 heavy (non-hydrogen) atoms. The molecule has 0 saturated carbocycles. The summed E-state index contributed by atoms with van der Waals surface area (Å²) in [5, 5.41) is 16.0. The van der Waals surface area contributed by atoms with Crippen LogP contribution >= 0.6 is 0 Å². The van der Waals surface area contributed by atoms with Gasteiger partial charge in [0.1, 0.15) is 5.54 Å². The summed E-state index contributed by atoms with van der Waals surface area (Å²) >= 11 is 0. The summed E-state index contributed by atoms with van der Waals surface area (Å²) in [7, 11) is 0. The molecule has 0 spiro atoms. The van der Waals surface area contributed by atoms with Crippen molar-refractivity contribution in [1.29, 1.82) is 0 Å². The summed E-state index contributed by atoms with van der Waals surface area (Å²) in [5.74, 6) is -1.45. The number of carboxylic acids is 1. The van der Waals surface area contributed by atoms with Crippen LogP contribution in [0.25, 0.3) is 0 Å². The highest BCUT2D eigenvalue weighted by Gasteiger charge is 2.34. The zero-order chi connectivity index (χ0) is 15.6. The predicted molar refractivity (Wildman–Crippen MR) is 75.6 cm³/mol. The van der Waals surface area contributed by atoms with Crippen molar-refractivity contribution >= 4 is 11.9 Å². The molecule has 0 aromatic carbocycles. The van der Waals surface area contributed by atoms with E-state index in [4.69, 9.17) is 0 Å². The van der Waals surface area contributed by atoms with Crippen molar-refractivity contribution in [2.24, 2.45) is 0 Å². The van der Waals surface area contributed by atoms with Crippen LogP contribution in [0.3, 0.4) is 0 Å². The highest BCUT2D eigenvalue weighted by molar-refractivity contribution is 5.97. The van der Waals surface area contributed by atoms with Gasteiger partial charge in [0.15, 0.2) is 0 Å². The van der Waals surface area contributed by atoms with Gasteiger partial charge in [0, 0.05) is 6.20 Å². The first kappa shape index (κ1) is 16.2. The summed E-state index contributed by atoms with van der Waals surface area (Å²) in [6, 6.07) is 0. The lowest BCUT2D eigenvalue weighted by Crippen LogP contribution is -2.52. The Morgan fingerprint density at radius 3 is 2.35 bits per heavy atom. The third-order valence-corrected chi connectivity index (χ3v) is 3.14. The van der Waals surface area contributed by atoms with Crippen molar-refractivity contribution in [2.75, 3.05) is 0 Å². The number of nitrogens with one attached hydrogen (secondary N) is 1. The Morgan fingerprint density at radius 2 is 1.95 bits per heavy atom. The Morgan fingerprint density at radius 1 is 1.35 bits per heavy atom. The first-order valence-electron chi connectivity index (χ1n) is 6.71. The molecule has 1 amide bonds. The smallest absolute Gasteiger partial charge is 0.329 e. The maximum atomic E-state index is 12.2. The number of nitrogens with zero attached hydrogens (tertiary/aromatic N) is 2. The fourth-order valence-electron chi connectivity index (χ4n) is 1.85. The number of aliphatic carboxylic acids is 1. The molecule has 1 rings (SSSR count). The fraction of sp³-hybridized carbons (Fsp3) is 0.643. The van der Waals surface area contributed by atoms with E-state index < -0.39 is 17.4 Å². The van der Waals surface area contributed by atoms with E-state index in [1.807, 2.05) is 27.7 Å². The highest BCUT2D eigenvalue weighted by Crippen LogP contribution is 2.16. The van der Waals surface area contributed by atoms with Crippen LogP contribution in [0, 0.1) is 0 Å². The number of amides is 1. The largest absolute Gasteiger partial charge is 0.480 e. The molecular weight excluding hydrogens is 258 g/mol. The lowest BCUT2D eigenvalue weighted by atomic mass is 9.96. The van der Waals surface area contributed by atoms with Crippen LogP contribution in [-0.4, -0.2) is 32.3 Å². The fourth-order valence-corrected chi connectivity index (χ4v) is 1.85. The van der Waals surface area contributed by atoms with Gasteiger partial charge in [0.25, 0.3) is 5.91 Å². The van der Waals surface area contributed by atoms with E-state index in [1.54, 1.807) is 10.9 Å². The third kappa shape index (κ3) is 3.59. The molecule has 0 fully saturated rings. The molecule has 0 aliphatic heterocycles. The number of carboxylic acid groups (broad SMARTS) is 1. The topological polar surface area (TPSA) is 84.2 Å². The molecular formula is C14H23N3O3. The van der Waals surface area contributed by atoms with Gasteiger partial charge in [-0.1, -0.05) is 13.3 Å². The van der Waals surface area contributed by atoms with Gasteiger partial charge >= 0.3 is 5.97 Å². The van der Waals surface area contributed by atoms with Gasteiger partial charge in [0.2, 0.25) is 0 Å². The number of hydrogen-bond acceptors (Lipinski definition) is 3. The van der Waals surface area contributed by atoms with Gasteiger partial charge in [-0.2, -0.15) is 5.10 Å². The van der Waals surface area contributed by atoms with E-state index in [2.05, 4.69) is 10.4 Å². The highest BCUT2D eigenvalue weighted by atomic mass is 16.4. The van der Waals surface area contributed by atoms with Crippen LogP contribution in [0.4, 0.5) is 0 Å². The molecule has 1 heterocycles. The zero-order valence-corrected chi connectivity index (χ0v) is 12.7. The minimum absolute atomic E-state index is 0.224. The second-order valence-electron chi connectivity index (χ2n) is 6.19. The van der Waals surface area contributed by atoms with Crippen LogP contribution < -0.4 is 5.32 Å². The van der Waals surface area contributed by atoms with Crippen molar-refractivity contribution < 1.29 is 14.7 Å². The Hall–Kier alpha value is -1.85. The molecule has 0 unspecified atom stereocenters. The maximum Gasteiger partial charge on any atom is 0.329 e. The van der Waals surface area contributed by atoms with Gasteiger partial charge in [-0.3, -0.25) is 9.48 Å². The number of carbonyl (C=O) groups is 2. The number of aromatic nitrogens is 2. The summed E-state index contributed by atoms with van der Waals surface area (Å²) in [6.45, 7) is 9.32. The van der Waals surface area contributed by atoms with Crippen LogP contribution in [0.5, 0.6) is 0 Å². The lowest BCUT2D eigenvalue weighted by molar-refractivity contribution is -0.144. The van der Waals surface area contributed by atoms with Crippen LogP contribution in [-0.2, 0) is 10.3 Å². The molecule has 6 nitrogen and oxygen atoms in total. The quantitative estimate of drug-likeness (QED) is 0.864.